The molecule has 1 fully saturated rings. The van der Waals surface area contributed by atoms with E-state index in [1.54, 1.807) is 16.8 Å². The van der Waals surface area contributed by atoms with Gasteiger partial charge in [-0.3, -0.25) is 9.69 Å². The van der Waals surface area contributed by atoms with Gasteiger partial charge < -0.3 is 14.6 Å². The highest BCUT2D eigenvalue weighted by Gasteiger charge is 2.31. The maximum absolute atomic E-state index is 12.3. The minimum Gasteiger partial charge on any atom is -0.460 e. The van der Waals surface area contributed by atoms with Crippen molar-refractivity contribution < 1.29 is 14.0 Å². The normalized spacial score (nSPS) is 19.5. The Hall–Kier alpha value is -3.28. The quantitative estimate of drug-likeness (QED) is 0.755. The highest BCUT2D eigenvalue weighted by atomic mass is 16.3. The van der Waals surface area contributed by atoms with E-state index in [0.29, 0.717) is 19.5 Å². The number of carbonyl (C=O) groups excluding carboxylic acids is 2. The summed E-state index contributed by atoms with van der Waals surface area (Å²) in [5, 5.41) is 3.98. The van der Waals surface area contributed by atoms with Crippen molar-refractivity contribution in [2.24, 2.45) is 0 Å². The Bertz CT molecular complexity index is 1040. The van der Waals surface area contributed by atoms with Crippen molar-refractivity contribution >= 4 is 34.3 Å². The molecule has 0 radical (unpaired) electrons. The smallest absolute Gasteiger partial charge is 0.324 e. The van der Waals surface area contributed by atoms with Gasteiger partial charge in [0.25, 0.3) is 0 Å². The summed E-state index contributed by atoms with van der Waals surface area (Å²) in [6, 6.07) is 15.7. The fraction of sp³-hybridized carbons (Fsp3) is 0.238. The second kappa shape index (κ2) is 5.87. The Morgan fingerprint density at radius 2 is 1.93 bits per heavy atom. The first-order valence-corrected chi connectivity index (χ1v) is 9.05. The molecule has 1 N–H and O–H groups in total. The molecule has 1 aromatic heterocycles. The van der Waals surface area contributed by atoms with Crippen molar-refractivity contribution in [3.05, 3.63) is 59.9 Å². The number of para-hydroxylation sites is 1. The summed E-state index contributed by atoms with van der Waals surface area (Å²) in [7, 11) is 1.79. The first-order valence-electron chi connectivity index (χ1n) is 9.05. The predicted octanol–water partition coefficient (Wildman–Crippen LogP) is 3.78. The van der Waals surface area contributed by atoms with E-state index in [2.05, 4.69) is 5.32 Å². The molecule has 2 aliphatic rings. The van der Waals surface area contributed by atoms with Gasteiger partial charge in [0.2, 0.25) is 5.91 Å². The highest BCUT2D eigenvalue weighted by molar-refractivity contribution is 5.98. The van der Waals surface area contributed by atoms with E-state index in [1.807, 2.05) is 48.5 Å². The summed E-state index contributed by atoms with van der Waals surface area (Å²) in [4.78, 5) is 28.0. The molecule has 6 nitrogen and oxygen atoms in total. The van der Waals surface area contributed by atoms with E-state index in [4.69, 9.17) is 4.42 Å². The van der Waals surface area contributed by atoms with Gasteiger partial charge in [0, 0.05) is 43.3 Å². The van der Waals surface area contributed by atoms with Crippen molar-refractivity contribution in [3.8, 4) is 0 Å². The molecule has 0 bridgehead atoms. The zero-order valence-corrected chi connectivity index (χ0v) is 14.9. The van der Waals surface area contributed by atoms with Crippen molar-refractivity contribution in [3.63, 3.8) is 0 Å². The van der Waals surface area contributed by atoms with Crippen LogP contribution in [-0.4, -0.2) is 37.0 Å². The molecule has 2 aromatic carbocycles. The Kier molecular flexibility index (Phi) is 3.47. The van der Waals surface area contributed by atoms with Crippen LogP contribution in [0.4, 0.5) is 16.2 Å². The molecule has 3 aromatic rings. The maximum atomic E-state index is 12.3. The van der Waals surface area contributed by atoms with Crippen LogP contribution < -0.4 is 10.2 Å². The number of amides is 3. The van der Waals surface area contributed by atoms with Crippen LogP contribution >= 0.6 is 0 Å². The monoisotopic (exact) mass is 361 g/mol. The minimum atomic E-state index is -0.132. The lowest BCUT2D eigenvalue weighted by Crippen LogP contribution is -2.30. The molecule has 1 unspecified atom stereocenters. The molecule has 6 heteroatoms. The Morgan fingerprint density at radius 1 is 1.07 bits per heavy atom. The molecule has 0 aliphatic carbocycles. The third kappa shape index (κ3) is 2.56. The average Bonchev–Trinajstić information content (AvgIpc) is 3.24. The Labute approximate surface area is 156 Å². The largest absolute Gasteiger partial charge is 0.460 e. The van der Waals surface area contributed by atoms with Crippen LogP contribution in [0.25, 0.3) is 11.0 Å². The second-order valence-electron chi connectivity index (χ2n) is 7.12. The van der Waals surface area contributed by atoms with Crippen LogP contribution in [0.5, 0.6) is 0 Å². The molecule has 3 amide bonds. The zero-order valence-electron chi connectivity index (χ0n) is 14.9. The minimum absolute atomic E-state index is 0.0223. The lowest BCUT2D eigenvalue weighted by molar-refractivity contribution is -0.116. The van der Waals surface area contributed by atoms with Gasteiger partial charge in [0.05, 0.1) is 5.92 Å². The van der Waals surface area contributed by atoms with E-state index in [1.165, 1.54) is 0 Å². The number of likely N-dealkylation sites (N-methyl/N-ethyl adjacent to an activating group) is 1. The number of urea groups is 1. The lowest BCUT2D eigenvalue weighted by atomic mass is 9.88. The number of nitrogens with zero attached hydrogens (tertiary/aromatic N) is 2. The van der Waals surface area contributed by atoms with E-state index in [-0.39, 0.29) is 17.9 Å². The predicted molar refractivity (Wildman–Crippen MR) is 103 cm³/mol. The van der Waals surface area contributed by atoms with Crippen molar-refractivity contribution in [2.45, 2.75) is 12.3 Å². The molecule has 0 spiro atoms. The summed E-state index contributed by atoms with van der Waals surface area (Å²) < 4.78 is 6.02. The number of carbonyl (C=O) groups is 2. The maximum Gasteiger partial charge on any atom is 0.324 e. The van der Waals surface area contributed by atoms with E-state index < -0.39 is 0 Å². The van der Waals surface area contributed by atoms with E-state index >= 15 is 0 Å². The molecule has 27 heavy (non-hydrogen) atoms. The Morgan fingerprint density at radius 3 is 2.70 bits per heavy atom. The number of hydrogen-bond acceptors (Lipinski definition) is 3. The lowest BCUT2D eigenvalue weighted by Gasteiger charge is -2.26. The van der Waals surface area contributed by atoms with Gasteiger partial charge >= 0.3 is 6.03 Å². The number of furan rings is 1. The Balaban J connectivity index is 1.55. The number of fused-ring (bicyclic) bond motifs is 2. The third-order valence-corrected chi connectivity index (χ3v) is 5.39. The van der Waals surface area contributed by atoms with Gasteiger partial charge in [-0.05, 0) is 29.8 Å². The van der Waals surface area contributed by atoms with Gasteiger partial charge in [0.15, 0.2) is 0 Å². The first kappa shape index (κ1) is 15.9. The first-order chi connectivity index (χ1) is 13.1. The molecule has 3 heterocycles. The molecule has 1 atom stereocenters. The van der Waals surface area contributed by atoms with Gasteiger partial charge in [-0.2, -0.15) is 0 Å². The third-order valence-electron chi connectivity index (χ3n) is 5.39. The average molecular weight is 361 g/mol. The zero-order chi connectivity index (χ0) is 18.5. The highest BCUT2D eigenvalue weighted by Crippen LogP contribution is 2.40. The van der Waals surface area contributed by atoms with Crippen LogP contribution in [0.3, 0.4) is 0 Å². The molecule has 2 aliphatic heterocycles. The molecule has 5 rings (SSSR count). The summed E-state index contributed by atoms with van der Waals surface area (Å²) in [5.41, 5.74) is 3.38. The van der Waals surface area contributed by atoms with E-state index in [0.717, 1.165) is 33.7 Å². The number of benzene rings is 2. The van der Waals surface area contributed by atoms with Crippen LogP contribution in [0.1, 0.15) is 23.7 Å². The van der Waals surface area contributed by atoms with Crippen molar-refractivity contribution in [1.82, 2.24) is 4.90 Å². The van der Waals surface area contributed by atoms with Crippen LogP contribution in [0.15, 0.2) is 52.9 Å². The molecule has 1 saturated heterocycles. The summed E-state index contributed by atoms with van der Waals surface area (Å²) in [6.07, 6.45) is 0.345. The fourth-order valence-corrected chi connectivity index (χ4v) is 3.94. The number of anilines is 2. The van der Waals surface area contributed by atoms with Gasteiger partial charge in [-0.25, -0.2) is 4.79 Å². The SMILES string of the molecule is CN1CCN(c2ccc3c(c2)NC(=O)CC3c2cc3ccccc3o2)C1=O. The second-order valence-corrected chi connectivity index (χ2v) is 7.12. The van der Waals surface area contributed by atoms with Crippen LogP contribution in [0, 0.1) is 0 Å². The van der Waals surface area contributed by atoms with Crippen molar-refractivity contribution in [1.29, 1.82) is 0 Å². The fourth-order valence-electron chi connectivity index (χ4n) is 3.94. The summed E-state index contributed by atoms with van der Waals surface area (Å²) in [5.74, 6) is 0.610. The topological polar surface area (TPSA) is 65.8 Å². The van der Waals surface area contributed by atoms with Gasteiger partial charge in [-0.1, -0.05) is 24.3 Å². The molecular formula is C21H19N3O3. The van der Waals surface area contributed by atoms with Crippen molar-refractivity contribution in [2.75, 3.05) is 30.4 Å². The summed E-state index contributed by atoms with van der Waals surface area (Å²) in [6.45, 7) is 1.35. The van der Waals surface area contributed by atoms with Gasteiger partial charge in [0.1, 0.15) is 11.3 Å². The molecular weight excluding hydrogens is 342 g/mol. The van der Waals surface area contributed by atoms with Crippen LogP contribution in [-0.2, 0) is 4.79 Å². The molecule has 0 saturated carbocycles. The van der Waals surface area contributed by atoms with Crippen LogP contribution in [0.2, 0.25) is 0 Å². The summed E-state index contributed by atoms with van der Waals surface area (Å²) >= 11 is 0. The van der Waals surface area contributed by atoms with Gasteiger partial charge in [-0.15, -0.1) is 0 Å². The number of rotatable bonds is 2. The number of nitrogens with one attached hydrogen (secondary N) is 1. The number of hydrogen-bond donors (Lipinski definition) is 1. The molecule has 136 valence electrons. The van der Waals surface area contributed by atoms with E-state index in [9.17, 15) is 9.59 Å². The standard InChI is InChI=1S/C21H19N3O3/c1-23-8-9-24(21(23)26)14-6-7-15-16(12-20(25)22-17(15)11-14)19-10-13-4-2-3-5-18(13)27-19/h2-7,10-11,16H,8-9,12H2,1H3,(H,22,25).